The normalized spacial score (nSPS) is 20.7. The highest BCUT2D eigenvalue weighted by atomic mass is 16.6. The molecule has 0 aromatic heterocycles. The standard InChI is InChI=1S/C38H40O6/c1-37(2,27-8-18-33(19-9-27)44-36-20-39-21-36)26-4-6-28(7-5-26)38(3,29-10-14-31(15-11-29)40-22-34-24-42-34)30-12-16-32(17-13-30)41-23-35-25-43-35/h4-19,34-36H,20-25H2,1-3H3. The van der Waals surface area contributed by atoms with Crippen molar-refractivity contribution in [3.8, 4) is 17.2 Å². The molecule has 0 N–H and O–H groups in total. The quantitative estimate of drug-likeness (QED) is 0.127. The van der Waals surface area contributed by atoms with Crippen molar-refractivity contribution in [3.63, 3.8) is 0 Å². The summed E-state index contributed by atoms with van der Waals surface area (Å²) in [5, 5.41) is 0. The molecular weight excluding hydrogens is 552 g/mol. The van der Waals surface area contributed by atoms with Gasteiger partial charge in [0.2, 0.25) is 0 Å². The van der Waals surface area contributed by atoms with E-state index in [4.69, 9.17) is 28.4 Å². The second kappa shape index (κ2) is 11.9. The SMILES string of the molecule is CC(C)(c1ccc(OC2COC2)cc1)c1ccc(C(C)(c2ccc(OCC3CO3)cc2)c2ccc(OCC3CO3)cc2)cc1. The van der Waals surface area contributed by atoms with Gasteiger partial charge in [0, 0.05) is 10.8 Å². The first-order valence-corrected chi connectivity index (χ1v) is 15.5. The van der Waals surface area contributed by atoms with E-state index in [-0.39, 0.29) is 23.7 Å². The highest BCUT2D eigenvalue weighted by Crippen LogP contribution is 2.41. The molecule has 0 bridgehead atoms. The van der Waals surface area contributed by atoms with E-state index in [1.807, 2.05) is 0 Å². The Hall–Kier alpha value is -3.84. The Labute approximate surface area is 259 Å². The van der Waals surface area contributed by atoms with E-state index in [0.29, 0.717) is 26.4 Å². The lowest BCUT2D eigenvalue weighted by Gasteiger charge is -2.33. The average molecular weight is 593 g/mol. The predicted octanol–water partition coefficient (Wildman–Crippen LogP) is 6.70. The van der Waals surface area contributed by atoms with Gasteiger partial charge in [0.05, 0.1) is 26.4 Å². The van der Waals surface area contributed by atoms with Crippen LogP contribution in [0.25, 0.3) is 0 Å². The lowest BCUT2D eigenvalue weighted by Crippen LogP contribution is -2.38. The molecule has 3 aliphatic rings. The molecule has 4 aromatic carbocycles. The summed E-state index contributed by atoms with van der Waals surface area (Å²) in [6.07, 6.45) is 0.616. The smallest absolute Gasteiger partial charge is 0.145 e. The molecule has 4 aromatic rings. The van der Waals surface area contributed by atoms with Gasteiger partial charge in [0.15, 0.2) is 0 Å². The van der Waals surface area contributed by atoms with Crippen molar-refractivity contribution in [3.05, 3.63) is 125 Å². The molecule has 44 heavy (non-hydrogen) atoms. The van der Waals surface area contributed by atoms with Gasteiger partial charge < -0.3 is 28.4 Å². The molecule has 0 radical (unpaired) electrons. The van der Waals surface area contributed by atoms with E-state index in [9.17, 15) is 0 Å². The van der Waals surface area contributed by atoms with Crippen LogP contribution in [0.2, 0.25) is 0 Å². The number of hydrogen-bond acceptors (Lipinski definition) is 6. The van der Waals surface area contributed by atoms with Crippen molar-refractivity contribution < 1.29 is 28.4 Å². The van der Waals surface area contributed by atoms with Gasteiger partial charge in [0.1, 0.15) is 48.8 Å². The van der Waals surface area contributed by atoms with Gasteiger partial charge in [-0.1, -0.05) is 74.5 Å². The lowest BCUT2D eigenvalue weighted by atomic mass is 9.70. The van der Waals surface area contributed by atoms with Crippen molar-refractivity contribution in [1.82, 2.24) is 0 Å². The van der Waals surface area contributed by atoms with Crippen LogP contribution in [-0.4, -0.2) is 58.0 Å². The van der Waals surface area contributed by atoms with Crippen molar-refractivity contribution in [1.29, 1.82) is 0 Å². The van der Waals surface area contributed by atoms with Crippen LogP contribution < -0.4 is 14.2 Å². The fourth-order valence-corrected chi connectivity index (χ4v) is 5.79. The minimum atomic E-state index is -0.400. The topological polar surface area (TPSA) is 62.0 Å². The van der Waals surface area contributed by atoms with Crippen LogP contribution in [0.4, 0.5) is 0 Å². The molecule has 0 aliphatic carbocycles. The molecule has 2 atom stereocenters. The zero-order valence-electron chi connectivity index (χ0n) is 25.7. The summed E-state index contributed by atoms with van der Waals surface area (Å²) in [6.45, 7) is 10.9. The highest BCUT2D eigenvalue weighted by molar-refractivity contribution is 5.53. The maximum absolute atomic E-state index is 5.98. The van der Waals surface area contributed by atoms with Gasteiger partial charge in [-0.15, -0.1) is 0 Å². The second-order valence-corrected chi connectivity index (χ2v) is 12.7. The Balaban J connectivity index is 1.16. The Bertz CT molecular complexity index is 1470. The third-order valence-corrected chi connectivity index (χ3v) is 9.21. The molecule has 0 spiro atoms. The van der Waals surface area contributed by atoms with Crippen LogP contribution in [0.3, 0.4) is 0 Å². The second-order valence-electron chi connectivity index (χ2n) is 12.7. The van der Waals surface area contributed by atoms with Crippen molar-refractivity contribution >= 4 is 0 Å². The summed E-state index contributed by atoms with van der Waals surface area (Å²) >= 11 is 0. The molecule has 6 nitrogen and oxygen atoms in total. The van der Waals surface area contributed by atoms with Crippen LogP contribution in [0, 0.1) is 0 Å². The predicted molar refractivity (Wildman–Crippen MR) is 169 cm³/mol. The van der Waals surface area contributed by atoms with E-state index >= 15 is 0 Å². The van der Waals surface area contributed by atoms with Crippen molar-refractivity contribution in [2.45, 2.75) is 49.9 Å². The minimum Gasteiger partial charge on any atom is -0.491 e. The number of epoxide rings is 2. The molecule has 3 saturated heterocycles. The van der Waals surface area contributed by atoms with Gasteiger partial charge in [-0.2, -0.15) is 0 Å². The first kappa shape index (κ1) is 28.9. The van der Waals surface area contributed by atoms with Gasteiger partial charge in [-0.3, -0.25) is 0 Å². The van der Waals surface area contributed by atoms with E-state index in [0.717, 1.165) is 30.5 Å². The van der Waals surface area contributed by atoms with Crippen LogP contribution in [0.15, 0.2) is 97.1 Å². The van der Waals surface area contributed by atoms with Crippen LogP contribution in [-0.2, 0) is 25.0 Å². The maximum atomic E-state index is 5.98. The zero-order chi connectivity index (χ0) is 30.1. The molecule has 228 valence electrons. The van der Waals surface area contributed by atoms with Gasteiger partial charge in [-0.25, -0.2) is 0 Å². The Morgan fingerprint density at radius 3 is 1.27 bits per heavy atom. The summed E-state index contributed by atoms with van der Waals surface area (Å²) in [4.78, 5) is 0. The molecule has 3 heterocycles. The number of benzene rings is 4. The van der Waals surface area contributed by atoms with E-state index in [1.165, 1.54) is 27.8 Å². The van der Waals surface area contributed by atoms with Crippen LogP contribution in [0.1, 0.15) is 48.6 Å². The highest BCUT2D eigenvalue weighted by Gasteiger charge is 2.33. The first-order chi connectivity index (χ1) is 21.4. The van der Waals surface area contributed by atoms with Crippen LogP contribution in [0.5, 0.6) is 17.2 Å². The van der Waals surface area contributed by atoms with E-state index in [1.54, 1.807) is 0 Å². The number of ether oxygens (including phenoxy) is 6. The third-order valence-electron chi connectivity index (χ3n) is 9.21. The average Bonchev–Trinajstić information content (AvgIpc) is 3.97. The maximum Gasteiger partial charge on any atom is 0.145 e. The van der Waals surface area contributed by atoms with Crippen LogP contribution >= 0.6 is 0 Å². The molecule has 7 rings (SSSR count). The molecule has 2 unspecified atom stereocenters. The Morgan fingerprint density at radius 1 is 0.523 bits per heavy atom. The zero-order valence-corrected chi connectivity index (χ0v) is 25.7. The minimum absolute atomic E-state index is 0.165. The number of rotatable bonds is 13. The fraction of sp³-hybridized carbons (Fsp3) is 0.368. The van der Waals surface area contributed by atoms with Crippen molar-refractivity contribution in [2.75, 3.05) is 39.6 Å². The molecule has 0 amide bonds. The number of hydrogen-bond donors (Lipinski definition) is 0. The monoisotopic (exact) mass is 592 g/mol. The summed E-state index contributed by atoms with van der Waals surface area (Å²) in [5.41, 5.74) is 5.50. The Kier molecular flexibility index (Phi) is 7.83. The molecule has 6 heteroatoms. The summed E-state index contributed by atoms with van der Waals surface area (Å²) in [6, 6.07) is 34.5. The summed E-state index contributed by atoms with van der Waals surface area (Å²) in [5.74, 6) is 2.60. The van der Waals surface area contributed by atoms with Gasteiger partial charge in [-0.05, 0) is 71.1 Å². The largest absolute Gasteiger partial charge is 0.491 e. The molecule has 0 saturated carbocycles. The first-order valence-electron chi connectivity index (χ1n) is 15.5. The van der Waals surface area contributed by atoms with Crippen molar-refractivity contribution in [2.24, 2.45) is 0 Å². The van der Waals surface area contributed by atoms with Gasteiger partial charge in [0.25, 0.3) is 0 Å². The lowest BCUT2D eigenvalue weighted by molar-refractivity contribution is -0.0796. The molecular formula is C38H40O6. The van der Waals surface area contributed by atoms with Gasteiger partial charge >= 0.3 is 0 Å². The molecule has 3 aliphatic heterocycles. The Morgan fingerprint density at radius 2 is 0.886 bits per heavy atom. The third kappa shape index (κ3) is 6.20. The summed E-state index contributed by atoms with van der Waals surface area (Å²) < 4.78 is 33.7. The van der Waals surface area contributed by atoms with E-state index in [2.05, 4.69) is 118 Å². The summed E-state index contributed by atoms with van der Waals surface area (Å²) in [7, 11) is 0. The van der Waals surface area contributed by atoms with E-state index < -0.39 is 5.41 Å². The fourth-order valence-electron chi connectivity index (χ4n) is 5.79. The molecule has 3 fully saturated rings.